The highest BCUT2D eigenvalue weighted by Crippen LogP contribution is 2.33. The van der Waals surface area contributed by atoms with Gasteiger partial charge in [-0.3, -0.25) is 4.79 Å². The van der Waals surface area contributed by atoms with Gasteiger partial charge in [-0.1, -0.05) is 6.07 Å². The van der Waals surface area contributed by atoms with Crippen LogP contribution in [0.2, 0.25) is 0 Å². The molecule has 30 heavy (non-hydrogen) atoms. The largest absolute Gasteiger partial charge is 0.487 e. The number of carbonyl (C=O) groups is 1. The fraction of sp³-hybridized carbons (Fsp3) is 0.261. The molecule has 1 N–H and O–H groups in total. The minimum absolute atomic E-state index is 0.0631. The zero-order valence-corrected chi connectivity index (χ0v) is 17.3. The minimum atomic E-state index is 0.0631. The van der Waals surface area contributed by atoms with Crippen LogP contribution in [0.4, 0.5) is 0 Å². The summed E-state index contributed by atoms with van der Waals surface area (Å²) in [6.45, 7) is 1.91. The molecule has 0 saturated carbocycles. The van der Waals surface area contributed by atoms with Gasteiger partial charge in [0.1, 0.15) is 18.0 Å². The topological polar surface area (TPSA) is 71.1 Å². The van der Waals surface area contributed by atoms with Gasteiger partial charge in [-0.05, 0) is 54.7 Å². The molecule has 0 atom stereocenters. The molecule has 1 fully saturated rings. The first-order valence-corrected chi connectivity index (χ1v) is 11.0. The highest BCUT2D eigenvalue weighted by molar-refractivity contribution is 7.07. The third kappa shape index (κ3) is 3.80. The van der Waals surface area contributed by atoms with E-state index in [0.717, 1.165) is 37.3 Å². The number of piperidine rings is 1. The number of hydrogen-bond acceptors (Lipinski definition) is 5. The smallest absolute Gasteiger partial charge is 0.253 e. The van der Waals surface area contributed by atoms with Crippen LogP contribution in [0.1, 0.15) is 40.4 Å². The maximum atomic E-state index is 13.0. The van der Waals surface area contributed by atoms with Gasteiger partial charge in [0.2, 0.25) is 0 Å². The van der Waals surface area contributed by atoms with E-state index in [2.05, 4.69) is 27.2 Å². The van der Waals surface area contributed by atoms with Crippen molar-refractivity contribution in [3.8, 4) is 5.75 Å². The maximum Gasteiger partial charge on any atom is 0.253 e. The van der Waals surface area contributed by atoms with Crippen LogP contribution in [-0.4, -0.2) is 38.8 Å². The van der Waals surface area contributed by atoms with E-state index in [4.69, 9.17) is 4.74 Å². The molecule has 1 aromatic carbocycles. The summed E-state index contributed by atoms with van der Waals surface area (Å²) < 4.78 is 5.80. The second-order valence-electron chi connectivity index (χ2n) is 7.51. The molecule has 7 heteroatoms. The predicted molar refractivity (Wildman–Crippen MR) is 117 cm³/mol. The Labute approximate surface area is 178 Å². The highest BCUT2D eigenvalue weighted by atomic mass is 32.1. The van der Waals surface area contributed by atoms with Gasteiger partial charge < -0.3 is 14.6 Å². The Bertz CT molecular complexity index is 1150. The molecule has 1 amide bonds. The van der Waals surface area contributed by atoms with Crippen molar-refractivity contribution in [1.29, 1.82) is 0 Å². The van der Waals surface area contributed by atoms with Crippen molar-refractivity contribution in [2.24, 2.45) is 0 Å². The van der Waals surface area contributed by atoms with Gasteiger partial charge in [0, 0.05) is 41.8 Å². The van der Waals surface area contributed by atoms with Gasteiger partial charge in [0.15, 0.2) is 0 Å². The van der Waals surface area contributed by atoms with Crippen molar-refractivity contribution in [2.45, 2.75) is 25.4 Å². The monoisotopic (exact) mass is 418 g/mol. The van der Waals surface area contributed by atoms with Gasteiger partial charge in [0.05, 0.1) is 11.2 Å². The van der Waals surface area contributed by atoms with E-state index in [9.17, 15) is 4.79 Å². The molecule has 0 unspecified atom stereocenters. The van der Waals surface area contributed by atoms with Crippen LogP contribution in [0.25, 0.3) is 11.0 Å². The van der Waals surface area contributed by atoms with Gasteiger partial charge in [-0.25, -0.2) is 9.97 Å². The number of amides is 1. The highest BCUT2D eigenvalue weighted by Gasteiger charge is 2.26. The van der Waals surface area contributed by atoms with Crippen molar-refractivity contribution in [1.82, 2.24) is 19.9 Å². The van der Waals surface area contributed by atoms with Crippen LogP contribution in [-0.2, 0) is 6.61 Å². The molecule has 0 aliphatic carbocycles. The second-order valence-corrected chi connectivity index (χ2v) is 8.23. The molecule has 0 spiro atoms. The Kier molecular flexibility index (Phi) is 5.19. The fourth-order valence-electron chi connectivity index (χ4n) is 4.08. The van der Waals surface area contributed by atoms with Gasteiger partial charge >= 0.3 is 0 Å². The average molecular weight is 419 g/mol. The van der Waals surface area contributed by atoms with Crippen LogP contribution in [0.3, 0.4) is 0 Å². The summed E-state index contributed by atoms with van der Waals surface area (Å²) in [7, 11) is 0. The van der Waals surface area contributed by atoms with E-state index in [1.165, 1.54) is 10.9 Å². The standard InChI is InChI=1S/C23H22N4O2S/c28-23(17-3-1-4-19(11-17)29-13-18-14-30-15-26-18)27-9-6-16(7-10-27)21-12-25-22-20(21)5-2-8-24-22/h1-5,8,11-12,14-16H,6-7,9-10,13H2,(H,24,25). The molecular weight excluding hydrogens is 396 g/mol. The van der Waals surface area contributed by atoms with Gasteiger partial charge in [-0.2, -0.15) is 0 Å². The molecule has 152 valence electrons. The number of benzene rings is 1. The summed E-state index contributed by atoms with van der Waals surface area (Å²) in [5.74, 6) is 1.20. The molecule has 0 radical (unpaired) electrons. The van der Waals surface area contributed by atoms with E-state index >= 15 is 0 Å². The molecule has 1 saturated heterocycles. The lowest BCUT2D eigenvalue weighted by Gasteiger charge is -2.32. The first-order chi connectivity index (χ1) is 14.8. The summed E-state index contributed by atoms with van der Waals surface area (Å²) in [4.78, 5) is 26.9. The van der Waals surface area contributed by atoms with Crippen molar-refractivity contribution in [3.05, 3.63) is 76.5 Å². The summed E-state index contributed by atoms with van der Waals surface area (Å²) >= 11 is 1.54. The Morgan fingerprint density at radius 2 is 2.10 bits per heavy atom. The predicted octanol–water partition coefficient (Wildman–Crippen LogP) is 4.62. The van der Waals surface area contributed by atoms with Crippen molar-refractivity contribution in [2.75, 3.05) is 13.1 Å². The number of likely N-dealkylation sites (tertiary alicyclic amines) is 1. The van der Waals surface area contributed by atoms with Crippen LogP contribution in [0, 0.1) is 0 Å². The lowest BCUT2D eigenvalue weighted by Crippen LogP contribution is -2.37. The summed E-state index contributed by atoms with van der Waals surface area (Å²) in [5.41, 5.74) is 5.59. The van der Waals surface area contributed by atoms with Crippen LogP contribution < -0.4 is 4.74 Å². The first-order valence-electron chi connectivity index (χ1n) is 10.1. The minimum Gasteiger partial charge on any atom is -0.487 e. The van der Waals surface area contributed by atoms with E-state index in [1.54, 1.807) is 23.0 Å². The Balaban J connectivity index is 1.23. The number of hydrogen-bond donors (Lipinski definition) is 1. The lowest BCUT2D eigenvalue weighted by molar-refractivity contribution is 0.0713. The zero-order chi connectivity index (χ0) is 20.3. The normalized spacial score (nSPS) is 14.9. The first kappa shape index (κ1) is 18.8. The van der Waals surface area contributed by atoms with Crippen LogP contribution >= 0.6 is 11.3 Å². The zero-order valence-electron chi connectivity index (χ0n) is 16.5. The van der Waals surface area contributed by atoms with Gasteiger partial charge in [0.25, 0.3) is 5.91 Å². The molecule has 4 aromatic rings. The quantitative estimate of drug-likeness (QED) is 0.513. The molecule has 3 aromatic heterocycles. The average Bonchev–Trinajstić information content (AvgIpc) is 3.47. The lowest BCUT2D eigenvalue weighted by atomic mass is 9.89. The van der Waals surface area contributed by atoms with Crippen molar-refractivity contribution >= 4 is 28.3 Å². The number of nitrogens with one attached hydrogen (secondary N) is 1. The number of thiazole rings is 1. The molecule has 6 nitrogen and oxygen atoms in total. The summed E-state index contributed by atoms with van der Waals surface area (Å²) in [6, 6.07) is 11.5. The molecule has 4 heterocycles. The molecule has 5 rings (SSSR count). The number of rotatable bonds is 5. The molecular formula is C23H22N4O2S. The number of carbonyl (C=O) groups excluding carboxylic acids is 1. The molecule has 0 bridgehead atoms. The third-order valence-electron chi connectivity index (χ3n) is 5.66. The Morgan fingerprint density at radius 3 is 2.93 bits per heavy atom. The van der Waals surface area contributed by atoms with E-state index in [1.807, 2.05) is 40.6 Å². The third-order valence-corrected chi connectivity index (χ3v) is 6.29. The number of nitrogens with zero attached hydrogens (tertiary/aromatic N) is 3. The van der Waals surface area contributed by atoms with E-state index in [-0.39, 0.29) is 5.91 Å². The molecule has 1 aliphatic heterocycles. The molecule has 1 aliphatic rings. The maximum absolute atomic E-state index is 13.0. The van der Waals surface area contributed by atoms with Crippen molar-refractivity contribution in [3.63, 3.8) is 0 Å². The summed E-state index contributed by atoms with van der Waals surface area (Å²) in [6.07, 6.45) is 5.78. The Morgan fingerprint density at radius 1 is 1.20 bits per heavy atom. The van der Waals surface area contributed by atoms with Crippen LogP contribution in [0.15, 0.2) is 59.7 Å². The number of H-pyrrole nitrogens is 1. The summed E-state index contributed by atoms with van der Waals surface area (Å²) in [5, 5.41) is 3.15. The number of ether oxygens (including phenoxy) is 1. The van der Waals surface area contributed by atoms with E-state index < -0.39 is 0 Å². The number of aromatic amines is 1. The van der Waals surface area contributed by atoms with Crippen LogP contribution in [0.5, 0.6) is 5.75 Å². The van der Waals surface area contributed by atoms with Gasteiger partial charge in [-0.15, -0.1) is 11.3 Å². The second kappa shape index (κ2) is 8.28. The number of pyridine rings is 1. The van der Waals surface area contributed by atoms with E-state index in [0.29, 0.717) is 23.8 Å². The number of aromatic nitrogens is 3. The van der Waals surface area contributed by atoms with Crippen molar-refractivity contribution < 1.29 is 9.53 Å². The fourth-order valence-corrected chi connectivity index (χ4v) is 4.62. The Hall–Kier alpha value is -3.19. The number of fused-ring (bicyclic) bond motifs is 1. The SMILES string of the molecule is O=C(c1cccc(OCc2cscn2)c1)N1CCC(c2c[nH]c3ncccc23)CC1.